The number of aryl methyl sites for hydroxylation is 1. The topological polar surface area (TPSA) is 62.3 Å². The summed E-state index contributed by atoms with van der Waals surface area (Å²) in [4.78, 5) is 4.55. The van der Waals surface area contributed by atoms with E-state index in [0.29, 0.717) is 18.0 Å². The Morgan fingerprint density at radius 3 is 2.64 bits per heavy atom. The molecule has 2 aromatic rings. The molecule has 0 aliphatic carbocycles. The molecule has 1 aromatic carbocycles. The molecule has 25 heavy (non-hydrogen) atoms. The van der Waals surface area contributed by atoms with Gasteiger partial charge in [-0.05, 0) is 38.4 Å². The van der Waals surface area contributed by atoms with Crippen molar-refractivity contribution in [2.45, 2.75) is 31.2 Å². The van der Waals surface area contributed by atoms with E-state index >= 15 is 0 Å². The van der Waals surface area contributed by atoms with Gasteiger partial charge in [0.25, 0.3) is 0 Å². The summed E-state index contributed by atoms with van der Waals surface area (Å²) in [5.41, 5.74) is 0.886. The summed E-state index contributed by atoms with van der Waals surface area (Å²) in [6.45, 7) is 5.95. The van der Waals surface area contributed by atoms with Crippen molar-refractivity contribution >= 4 is 58.0 Å². The third kappa shape index (κ3) is 4.76. The molecule has 0 bridgehead atoms. The average molecular weight is 429 g/mol. The first-order valence-corrected chi connectivity index (χ1v) is 9.01. The van der Waals surface area contributed by atoms with Gasteiger partial charge in [0.05, 0.1) is 4.90 Å². The fourth-order valence-corrected chi connectivity index (χ4v) is 5.02. The third-order valence-corrected chi connectivity index (χ3v) is 6.24. The van der Waals surface area contributed by atoms with Crippen LogP contribution in [0.5, 0.6) is 0 Å². The molecule has 0 amide bonds. The first-order valence-electron chi connectivity index (χ1n) is 7.57. The highest BCUT2D eigenvalue weighted by molar-refractivity contribution is 7.89. The van der Waals surface area contributed by atoms with Gasteiger partial charge in [0.2, 0.25) is 10.0 Å². The number of halogens is 3. The highest BCUT2D eigenvalue weighted by Crippen LogP contribution is 2.29. The molecule has 1 saturated heterocycles. The van der Waals surface area contributed by atoms with E-state index in [9.17, 15) is 8.42 Å². The van der Waals surface area contributed by atoms with Gasteiger partial charge >= 0.3 is 0 Å². The van der Waals surface area contributed by atoms with Crippen molar-refractivity contribution in [1.82, 2.24) is 14.6 Å². The molecular formula is C16H24Cl3N3O2S. The van der Waals surface area contributed by atoms with Crippen molar-refractivity contribution in [3.05, 3.63) is 36.2 Å². The Balaban J connectivity index is 0.00000192. The normalized spacial score (nSPS) is 18.4. The molecule has 1 fully saturated rings. The van der Waals surface area contributed by atoms with Gasteiger partial charge in [-0.1, -0.05) is 12.1 Å². The van der Waals surface area contributed by atoms with Crippen LogP contribution in [0.25, 0.3) is 10.8 Å². The van der Waals surface area contributed by atoms with Crippen LogP contribution < -0.4 is 5.32 Å². The first kappa shape index (κ1) is 24.4. The van der Waals surface area contributed by atoms with Crippen molar-refractivity contribution in [2.24, 2.45) is 0 Å². The minimum absolute atomic E-state index is 0. The Bertz CT molecular complexity index is 797. The van der Waals surface area contributed by atoms with Gasteiger partial charge in [-0.25, -0.2) is 8.42 Å². The molecule has 0 radical (unpaired) electrons. The van der Waals surface area contributed by atoms with Gasteiger partial charge < -0.3 is 5.32 Å². The smallest absolute Gasteiger partial charge is 0.243 e. The molecular weight excluding hydrogens is 405 g/mol. The van der Waals surface area contributed by atoms with E-state index in [2.05, 4.69) is 10.3 Å². The van der Waals surface area contributed by atoms with Gasteiger partial charge in [-0.2, -0.15) is 4.31 Å². The van der Waals surface area contributed by atoms with Crippen LogP contribution in [0.15, 0.2) is 35.5 Å². The van der Waals surface area contributed by atoms with Crippen molar-refractivity contribution in [2.75, 3.05) is 19.6 Å². The lowest BCUT2D eigenvalue weighted by Crippen LogP contribution is -2.41. The Morgan fingerprint density at radius 1 is 1.20 bits per heavy atom. The Hall–Kier alpha value is -0.630. The lowest BCUT2D eigenvalue weighted by Gasteiger charge is -2.26. The molecule has 1 unspecified atom stereocenters. The highest BCUT2D eigenvalue weighted by atomic mass is 35.5. The van der Waals surface area contributed by atoms with E-state index in [0.717, 1.165) is 29.3 Å². The second kappa shape index (κ2) is 9.90. The van der Waals surface area contributed by atoms with Crippen LogP contribution in [0.3, 0.4) is 0 Å². The predicted molar refractivity (Wildman–Crippen MR) is 109 cm³/mol. The van der Waals surface area contributed by atoms with E-state index in [1.54, 1.807) is 28.8 Å². The zero-order chi connectivity index (χ0) is 15.7. The number of aromatic nitrogens is 1. The maximum Gasteiger partial charge on any atom is 0.243 e. The lowest BCUT2D eigenvalue weighted by atomic mass is 10.1. The van der Waals surface area contributed by atoms with E-state index in [1.165, 1.54) is 0 Å². The van der Waals surface area contributed by atoms with E-state index in [1.807, 2.05) is 19.9 Å². The van der Waals surface area contributed by atoms with Crippen LogP contribution in [0, 0.1) is 6.92 Å². The summed E-state index contributed by atoms with van der Waals surface area (Å²) in [5.74, 6) is 0. The van der Waals surface area contributed by atoms with Crippen LogP contribution in [0.2, 0.25) is 0 Å². The molecule has 5 nitrogen and oxygen atoms in total. The van der Waals surface area contributed by atoms with Gasteiger partial charge in [0.15, 0.2) is 0 Å². The molecule has 1 aliphatic heterocycles. The van der Waals surface area contributed by atoms with Gasteiger partial charge in [0, 0.05) is 42.3 Å². The highest BCUT2D eigenvalue weighted by Gasteiger charge is 2.31. The monoisotopic (exact) mass is 427 g/mol. The fraction of sp³-hybridized carbons (Fsp3) is 0.438. The van der Waals surface area contributed by atoms with E-state index < -0.39 is 10.0 Å². The fourth-order valence-electron chi connectivity index (χ4n) is 3.06. The van der Waals surface area contributed by atoms with Crippen LogP contribution in [0.1, 0.15) is 18.9 Å². The van der Waals surface area contributed by atoms with Crippen LogP contribution in [-0.2, 0) is 10.0 Å². The minimum atomic E-state index is -3.52. The second-order valence-electron chi connectivity index (χ2n) is 5.83. The molecule has 1 atom stereocenters. The molecule has 1 aliphatic rings. The summed E-state index contributed by atoms with van der Waals surface area (Å²) >= 11 is 0. The number of fused-ring (bicyclic) bond motifs is 1. The lowest BCUT2D eigenvalue weighted by molar-refractivity contribution is 0.354. The molecule has 0 spiro atoms. The second-order valence-corrected chi connectivity index (χ2v) is 7.69. The molecule has 1 N–H and O–H groups in total. The van der Waals surface area contributed by atoms with Crippen molar-refractivity contribution in [3.63, 3.8) is 0 Å². The summed E-state index contributed by atoms with van der Waals surface area (Å²) in [5, 5.41) is 4.93. The molecule has 142 valence electrons. The molecule has 1 aromatic heterocycles. The predicted octanol–water partition coefficient (Wildman–Crippen LogP) is 3.18. The van der Waals surface area contributed by atoms with Crippen LogP contribution in [0.4, 0.5) is 0 Å². The molecule has 2 heterocycles. The summed E-state index contributed by atoms with van der Waals surface area (Å²) in [6.07, 6.45) is 4.26. The Labute approximate surface area is 167 Å². The van der Waals surface area contributed by atoms with Gasteiger partial charge in [-0.3, -0.25) is 4.98 Å². The van der Waals surface area contributed by atoms with E-state index in [4.69, 9.17) is 0 Å². The van der Waals surface area contributed by atoms with Crippen LogP contribution >= 0.6 is 37.2 Å². The number of sulfonamides is 1. The summed E-state index contributed by atoms with van der Waals surface area (Å²) in [6, 6.07) is 5.35. The molecule has 9 heteroatoms. The molecule has 3 rings (SSSR count). The number of hydrogen-bond acceptors (Lipinski definition) is 4. The standard InChI is InChI=1S/C16H21N3O2S.3ClH/c1-12-9-18-11-14-5-3-6-15(16(12)14)22(20,21)19-8-4-7-17-10-13(19)2;;;/h3,5-6,9,11,13,17H,4,7-8,10H2,1-2H3;3*1H. The minimum Gasteiger partial charge on any atom is -0.315 e. The number of pyridine rings is 1. The zero-order valence-corrected chi connectivity index (χ0v) is 17.4. The quantitative estimate of drug-likeness (QED) is 0.798. The van der Waals surface area contributed by atoms with Gasteiger partial charge in [0.1, 0.15) is 0 Å². The average Bonchev–Trinajstić information content (AvgIpc) is 2.72. The van der Waals surface area contributed by atoms with Crippen LogP contribution in [-0.4, -0.2) is 43.4 Å². The maximum atomic E-state index is 13.2. The Kier molecular flexibility index (Phi) is 9.65. The number of rotatable bonds is 2. The third-order valence-electron chi connectivity index (χ3n) is 4.18. The van der Waals surface area contributed by atoms with E-state index in [-0.39, 0.29) is 43.3 Å². The van der Waals surface area contributed by atoms with Crippen molar-refractivity contribution < 1.29 is 8.42 Å². The number of nitrogens with zero attached hydrogens (tertiary/aromatic N) is 2. The van der Waals surface area contributed by atoms with Crippen molar-refractivity contribution in [3.8, 4) is 0 Å². The zero-order valence-electron chi connectivity index (χ0n) is 14.1. The number of nitrogens with one attached hydrogen (secondary N) is 1. The van der Waals surface area contributed by atoms with Gasteiger partial charge in [-0.15, -0.1) is 37.2 Å². The number of benzene rings is 1. The van der Waals surface area contributed by atoms with Crippen molar-refractivity contribution in [1.29, 1.82) is 0 Å². The maximum absolute atomic E-state index is 13.2. The summed E-state index contributed by atoms with van der Waals surface area (Å²) in [7, 11) is -3.52. The Morgan fingerprint density at radius 2 is 1.92 bits per heavy atom. The SMILES string of the molecule is Cc1cncc2cccc(S(=O)(=O)N3CCCNCC3C)c12.Cl.Cl.Cl. The first-order chi connectivity index (χ1) is 10.5. The molecule has 0 saturated carbocycles. The largest absolute Gasteiger partial charge is 0.315 e. The summed E-state index contributed by atoms with van der Waals surface area (Å²) < 4.78 is 28.0. The number of hydrogen-bond donors (Lipinski definition) is 1.